The first-order chi connectivity index (χ1) is 13.2. The van der Waals surface area contributed by atoms with Crippen molar-refractivity contribution in [2.75, 3.05) is 32.7 Å². The van der Waals surface area contributed by atoms with Gasteiger partial charge in [-0.1, -0.05) is 30.3 Å². The van der Waals surface area contributed by atoms with Crippen LogP contribution in [0.3, 0.4) is 0 Å². The van der Waals surface area contributed by atoms with E-state index in [-0.39, 0.29) is 5.91 Å². The quantitative estimate of drug-likeness (QED) is 0.812. The molecule has 6 nitrogen and oxygen atoms in total. The highest BCUT2D eigenvalue weighted by Crippen LogP contribution is 2.10. The smallest absolute Gasteiger partial charge is 0.408 e. The summed E-state index contributed by atoms with van der Waals surface area (Å²) < 4.78 is 5.24. The van der Waals surface area contributed by atoms with Crippen molar-refractivity contribution in [3.8, 4) is 0 Å². The number of amides is 2. The summed E-state index contributed by atoms with van der Waals surface area (Å²) >= 11 is 0. The number of ether oxygens (including phenoxy) is 1. The summed E-state index contributed by atoms with van der Waals surface area (Å²) in [6.07, 6.45) is 2.60. The lowest BCUT2D eigenvalue weighted by atomic mass is 10.1. The first-order valence-corrected chi connectivity index (χ1v) is 10.3. The molecule has 1 saturated heterocycles. The number of hydrogen-bond donors (Lipinski definition) is 1. The molecular formula is C22H35N3O3. The predicted octanol–water partition coefficient (Wildman–Crippen LogP) is 3.07. The molecule has 0 unspecified atom stereocenters. The largest absolute Gasteiger partial charge is 0.444 e. The molecule has 0 radical (unpaired) electrons. The topological polar surface area (TPSA) is 61.9 Å². The van der Waals surface area contributed by atoms with Gasteiger partial charge in [0.15, 0.2) is 0 Å². The van der Waals surface area contributed by atoms with Crippen molar-refractivity contribution in [2.45, 2.75) is 58.6 Å². The molecule has 0 spiro atoms. The van der Waals surface area contributed by atoms with E-state index in [0.717, 1.165) is 45.4 Å². The van der Waals surface area contributed by atoms with Crippen molar-refractivity contribution < 1.29 is 14.3 Å². The normalized spacial score (nSPS) is 16.9. The number of nitrogens with zero attached hydrogens (tertiary/aromatic N) is 2. The minimum absolute atomic E-state index is 0.0444. The van der Waals surface area contributed by atoms with Crippen LogP contribution in [-0.4, -0.2) is 66.2 Å². The van der Waals surface area contributed by atoms with Gasteiger partial charge < -0.3 is 19.9 Å². The highest BCUT2D eigenvalue weighted by Gasteiger charge is 2.26. The van der Waals surface area contributed by atoms with E-state index in [0.29, 0.717) is 6.54 Å². The molecule has 0 bridgehead atoms. The van der Waals surface area contributed by atoms with E-state index in [4.69, 9.17) is 4.74 Å². The van der Waals surface area contributed by atoms with Crippen molar-refractivity contribution in [1.29, 1.82) is 0 Å². The van der Waals surface area contributed by atoms with Gasteiger partial charge in [0.25, 0.3) is 0 Å². The minimum Gasteiger partial charge on any atom is -0.444 e. The maximum Gasteiger partial charge on any atom is 0.408 e. The third kappa shape index (κ3) is 7.89. The molecule has 1 aliphatic rings. The second kappa shape index (κ2) is 10.5. The molecule has 2 amide bonds. The summed E-state index contributed by atoms with van der Waals surface area (Å²) in [7, 11) is 0. The van der Waals surface area contributed by atoms with Crippen LogP contribution in [0.25, 0.3) is 0 Å². The highest BCUT2D eigenvalue weighted by molar-refractivity contribution is 5.85. The number of carbonyl (C=O) groups excluding carboxylic acids is 2. The Balaban J connectivity index is 1.74. The first-order valence-electron chi connectivity index (χ1n) is 10.3. The Bertz CT molecular complexity index is 628. The molecule has 1 heterocycles. The molecule has 1 fully saturated rings. The average Bonchev–Trinajstić information content (AvgIpc) is 2.86. The number of rotatable bonds is 6. The monoisotopic (exact) mass is 389 g/mol. The fourth-order valence-corrected chi connectivity index (χ4v) is 3.39. The van der Waals surface area contributed by atoms with E-state index < -0.39 is 17.7 Å². The molecule has 1 aliphatic heterocycles. The van der Waals surface area contributed by atoms with Crippen LogP contribution in [0, 0.1) is 0 Å². The summed E-state index contributed by atoms with van der Waals surface area (Å²) in [6, 6.07) is 9.96. The maximum atomic E-state index is 12.7. The number of nitrogens with one attached hydrogen (secondary N) is 1. The van der Waals surface area contributed by atoms with Crippen LogP contribution in [0.4, 0.5) is 4.79 Å². The third-order valence-corrected chi connectivity index (χ3v) is 4.79. The Morgan fingerprint density at radius 3 is 2.50 bits per heavy atom. The van der Waals surface area contributed by atoms with Crippen molar-refractivity contribution in [1.82, 2.24) is 15.1 Å². The number of carbonyl (C=O) groups is 2. The van der Waals surface area contributed by atoms with E-state index in [1.807, 2.05) is 11.0 Å². The maximum absolute atomic E-state index is 12.7. The van der Waals surface area contributed by atoms with E-state index in [9.17, 15) is 9.59 Å². The van der Waals surface area contributed by atoms with Gasteiger partial charge in [0, 0.05) is 19.6 Å². The summed E-state index contributed by atoms with van der Waals surface area (Å²) in [6.45, 7) is 11.5. The number of aryl methyl sites for hydroxylation is 1. The van der Waals surface area contributed by atoms with Gasteiger partial charge in [-0.3, -0.25) is 4.79 Å². The van der Waals surface area contributed by atoms with Crippen LogP contribution in [0.2, 0.25) is 0 Å². The molecular weight excluding hydrogens is 354 g/mol. The zero-order valence-electron chi connectivity index (χ0n) is 17.7. The predicted molar refractivity (Wildman–Crippen MR) is 111 cm³/mol. The molecule has 0 aliphatic carbocycles. The van der Waals surface area contributed by atoms with Gasteiger partial charge in [-0.2, -0.15) is 0 Å². The Kier molecular flexibility index (Phi) is 8.30. The molecule has 1 aromatic carbocycles. The molecule has 156 valence electrons. The van der Waals surface area contributed by atoms with Crippen LogP contribution >= 0.6 is 0 Å². The SMILES string of the molecule is C[C@@H](NC(=O)OC(C)(C)C)C(=O)N1CCCN(CCCc2ccccc2)CC1. The standard InChI is InChI=1S/C22H35N3O3/c1-18(23-21(27)28-22(2,3)4)20(26)25-15-9-14-24(16-17-25)13-8-12-19-10-6-5-7-11-19/h5-7,10-11,18H,8-9,12-17H2,1-4H3,(H,23,27)/t18-/m1/s1. The molecule has 1 atom stereocenters. The fourth-order valence-electron chi connectivity index (χ4n) is 3.39. The lowest BCUT2D eigenvalue weighted by molar-refractivity contribution is -0.132. The van der Waals surface area contributed by atoms with E-state index in [2.05, 4.69) is 34.5 Å². The van der Waals surface area contributed by atoms with Crippen molar-refractivity contribution in [3.63, 3.8) is 0 Å². The lowest BCUT2D eigenvalue weighted by Crippen LogP contribution is -2.49. The van der Waals surface area contributed by atoms with Crippen LogP contribution in [0.5, 0.6) is 0 Å². The first kappa shape index (κ1) is 22.2. The zero-order valence-corrected chi connectivity index (χ0v) is 17.7. The molecule has 0 saturated carbocycles. The van der Waals surface area contributed by atoms with Gasteiger partial charge in [0.1, 0.15) is 11.6 Å². The minimum atomic E-state index is -0.584. The Labute approximate surface area is 169 Å². The van der Waals surface area contributed by atoms with Gasteiger partial charge in [-0.15, -0.1) is 0 Å². The van der Waals surface area contributed by atoms with E-state index >= 15 is 0 Å². The number of alkyl carbamates (subject to hydrolysis) is 1. The second-order valence-electron chi connectivity index (χ2n) is 8.48. The van der Waals surface area contributed by atoms with Crippen molar-refractivity contribution in [3.05, 3.63) is 35.9 Å². The Morgan fingerprint density at radius 1 is 1.11 bits per heavy atom. The lowest BCUT2D eigenvalue weighted by Gasteiger charge is -2.26. The Morgan fingerprint density at radius 2 is 1.82 bits per heavy atom. The van der Waals surface area contributed by atoms with Gasteiger partial charge >= 0.3 is 6.09 Å². The highest BCUT2D eigenvalue weighted by atomic mass is 16.6. The van der Waals surface area contributed by atoms with Crippen LogP contribution in [0.1, 0.15) is 46.1 Å². The van der Waals surface area contributed by atoms with Crippen LogP contribution in [0.15, 0.2) is 30.3 Å². The molecule has 6 heteroatoms. The number of benzene rings is 1. The van der Waals surface area contributed by atoms with Crippen LogP contribution in [-0.2, 0) is 16.0 Å². The van der Waals surface area contributed by atoms with Gasteiger partial charge in [0.2, 0.25) is 5.91 Å². The van der Waals surface area contributed by atoms with Crippen LogP contribution < -0.4 is 5.32 Å². The van der Waals surface area contributed by atoms with Gasteiger partial charge in [-0.25, -0.2) is 4.79 Å². The molecule has 0 aromatic heterocycles. The van der Waals surface area contributed by atoms with E-state index in [1.54, 1.807) is 27.7 Å². The summed E-state index contributed by atoms with van der Waals surface area (Å²) in [5.74, 6) is -0.0444. The summed E-state index contributed by atoms with van der Waals surface area (Å²) in [4.78, 5) is 28.9. The molecule has 1 aromatic rings. The fraction of sp³-hybridized carbons (Fsp3) is 0.636. The molecule has 28 heavy (non-hydrogen) atoms. The molecule has 1 N–H and O–H groups in total. The van der Waals surface area contributed by atoms with E-state index in [1.165, 1.54) is 5.56 Å². The number of hydrogen-bond acceptors (Lipinski definition) is 4. The summed E-state index contributed by atoms with van der Waals surface area (Å²) in [5, 5.41) is 2.65. The molecule has 2 rings (SSSR count). The Hall–Kier alpha value is -2.08. The van der Waals surface area contributed by atoms with Crippen molar-refractivity contribution in [2.24, 2.45) is 0 Å². The van der Waals surface area contributed by atoms with Gasteiger partial charge in [0.05, 0.1) is 0 Å². The second-order valence-corrected chi connectivity index (χ2v) is 8.48. The average molecular weight is 390 g/mol. The summed E-state index contributed by atoms with van der Waals surface area (Å²) in [5.41, 5.74) is 0.798. The third-order valence-electron chi connectivity index (χ3n) is 4.79. The van der Waals surface area contributed by atoms with Crippen molar-refractivity contribution >= 4 is 12.0 Å². The van der Waals surface area contributed by atoms with Gasteiger partial charge in [-0.05, 0) is 65.6 Å². The zero-order chi connectivity index (χ0) is 20.6.